The molecule has 0 N–H and O–H groups in total. The Morgan fingerprint density at radius 2 is 0.830 bits per heavy atom. The summed E-state index contributed by atoms with van der Waals surface area (Å²) in [6, 6.07) is 36.6. The second-order valence-electron chi connectivity index (χ2n) is 11.5. The first kappa shape index (κ1) is 28.4. The van der Waals surface area contributed by atoms with E-state index in [1.54, 1.807) is 0 Å². The first-order chi connectivity index (χ1) is 23.2. The van der Waals surface area contributed by atoms with Crippen molar-refractivity contribution in [3.63, 3.8) is 0 Å². The van der Waals surface area contributed by atoms with Gasteiger partial charge in [0.2, 0.25) is 23.6 Å². The third-order valence-electron chi connectivity index (χ3n) is 8.39. The van der Waals surface area contributed by atoms with Crippen LogP contribution in [0.15, 0.2) is 148 Å². The van der Waals surface area contributed by atoms with Gasteiger partial charge in [0, 0.05) is 28.7 Å². The number of aromatic nitrogens is 4. The van der Waals surface area contributed by atoms with E-state index < -0.39 is 0 Å². The van der Waals surface area contributed by atoms with Crippen molar-refractivity contribution in [3.05, 3.63) is 157 Å². The normalized spacial score (nSPS) is 14.6. The first-order valence-corrected chi connectivity index (χ1v) is 15.7. The van der Waals surface area contributed by atoms with E-state index in [0.29, 0.717) is 23.6 Å². The van der Waals surface area contributed by atoms with Crippen LogP contribution in [0, 0.1) is 0 Å². The molecule has 2 aliphatic carbocycles. The molecule has 2 aromatic heterocycles. The van der Waals surface area contributed by atoms with Gasteiger partial charge in [-0.25, -0.2) is 0 Å². The molecule has 2 heterocycles. The van der Waals surface area contributed by atoms with Gasteiger partial charge in [-0.05, 0) is 84.0 Å². The SMILES string of the molecule is C1=C(Oc2ccc(-c3nnc(C4=CC=C(c5ccccc5)CC4)o3)cc2)CCC(c2nnc(-c3ccc(-c4ccccc4)cc3)o2)=C1. The van der Waals surface area contributed by atoms with Crippen LogP contribution in [0.25, 0.3) is 50.8 Å². The van der Waals surface area contributed by atoms with Crippen LogP contribution in [-0.2, 0) is 0 Å². The van der Waals surface area contributed by atoms with Gasteiger partial charge in [0.25, 0.3) is 0 Å². The summed E-state index contributed by atoms with van der Waals surface area (Å²) >= 11 is 0. The van der Waals surface area contributed by atoms with Crippen molar-refractivity contribution in [1.82, 2.24) is 20.4 Å². The number of rotatable bonds is 8. The quantitative estimate of drug-likeness (QED) is 0.169. The second-order valence-corrected chi connectivity index (χ2v) is 11.5. The lowest BCUT2D eigenvalue weighted by Gasteiger charge is -2.14. The van der Waals surface area contributed by atoms with E-state index in [9.17, 15) is 0 Å². The Labute approximate surface area is 272 Å². The van der Waals surface area contributed by atoms with Crippen LogP contribution >= 0.6 is 0 Å². The minimum atomic E-state index is 0.487. The zero-order valence-corrected chi connectivity index (χ0v) is 25.5. The standard InChI is InChI=1S/C40H30N4O3/c1-3-7-27(8-4-1)29-11-15-31(16-12-29)37-41-43-39(46-37)33-19-23-35(24-20-33)45-36-25-21-34(22-26-36)40-44-42-38(47-40)32-17-13-30(14-18-32)28-9-5-2-6-10-28/h1-13,15-17,19,21-23,25-26H,14,18,20,24H2. The highest BCUT2D eigenvalue weighted by Crippen LogP contribution is 2.34. The summed E-state index contributed by atoms with van der Waals surface area (Å²) in [4.78, 5) is 0. The smallest absolute Gasteiger partial charge is 0.248 e. The van der Waals surface area contributed by atoms with E-state index in [2.05, 4.69) is 81.1 Å². The molecule has 0 bridgehead atoms. The molecular formula is C40H30N4O3. The van der Waals surface area contributed by atoms with Gasteiger partial charge < -0.3 is 13.6 Å². The Morgan fingerprint density at radius 1 is 0.383 bits per heavy atom. The fourth-order valence-electron chi connectivity index (χ4n) is 5.78. The third-order valence-corrected chi connectivity index (χ3v) is 8.39. The highest BCUT2D eigenvalue weighted by Gasteiger charge is 2.18. The van der Waals surface area contributed by atoms with Crippen LogP contribution in [-0.4, -0.2) is 20.4 Å². The highest BCUT2D eigenvalue weighted by molar-refractivity contribution is 5.76. The molecule has 0 amide bonds. The predicted molar refractivity (Wildman–Crippen MR) is 182 cm³/mol. The van der Waals surface area contributed by atoms with Gasteiger partial charge in [0.1, 0.15) is 11.5 Å². The fourth-order valence-corrected chi connectivity index (χ4v) is 5.78. The van der Waals surface area contributed by atoms with E-state index in [1.165, 1.54) is 16.7 Å². The highest BCUT2D eigenvalue weighted by atomic mass is 16.5. The molecule has 0 saturated carbocycles. The molecule has 7 nitrogen and oxygen atoms in total. The summed E-state index contributed by atoms with van der Waals surface area (Å²) in [5.74, 6) is 3.69. The zero-order chi connectivity index (χ0) is 31.4. The molecule has 0 radical (unpaired) electrons. The van der Waals surface area contributed by atoms with Crippen molar-refractivity contribution in [2.75, 3.05) is 0 Å². The summed E-state index contributed by atoms with van der Waals surface area (Å²) in [6.45, 7) is 0. The van der Waals surface area contributed by atoms with Crippen molar-refractivity contribution in [2.45, 2.75) is 25.7 Å². The van der Waals surface area contributed by atoms with Crippen LogP contribution < -0.4 is 4.74 Å². The zero-order valence-electron chi connectivity index (χ0n) is 25.5. The van der Waals surface area contributed by atoms with Crippen LogP contribution in [0.2, 0.25) is 0 Å². The molecule has 0 aliphatic heterocycles. The van der Waals surface area contributed by atoms with Crippen molar-refractivity contribution in [1.29, 1.82) is 0 Å². The van der Waals surface area contributed by atoms with Gasteiger partial charge in [-0.15, -0.1) is 20.4 Å². The molecule has 0 spiro atoms. The van der Waals surface area contributed by atoms with E-state index in [1.807, 2.05) is 72.8 Å². The number of hydrogen-bond donors (Lipinski definition) is 0. The minimum absolute atomic E-state index is 0.487. The Morgan fingerprint density at radius 3 is 1.38 bits per heavy atom. The molecule has 7 heteroatoms. The largest absolute Gasteiger partial charge is 0.462 e. The van der Waals surface area contributed by atoms with Gasteiger partial charge in [0.15, 0.2) is 0 Å². The molecule has 0 unspecified atom stereocenters. The topological polar surface area (TPSA) is 87.1 Å². The summed E-state index contributed by atoms with van der Waals surface area (Å²) < 4.78 is 18.3. The van der Waals surface area contributed by atoms with Crippen molar-refractivity contribution >= 4 is 16.7 Å². The molecule has 6 aromatic rings. The lowest BCUT2D eigenvalue weighted by atomic mass is 9.93. The van der Waals surface area contributed by atoms with E-state index in [0.717, 1.165) is 65.0 Å². The monoisotopic (exact) mass is 614 g/mol. The third kappa shape index (κ3) is 6.24. The van der Waals surface area contributed by atoms with Gasteiger partial charge in [-0.1, -0.05) is 91.0 Å². The molecule has 47 heavy (non-hydrogen) atoms. The predicted octanol–water partition coefficient (Wildman–Crippen LogP) is 9.85. The number of nitrogens with zero attached hydrogens (tertiary/aromatic N) is 4. The average Bonchev–Trinajstić information content (AvgIpc) is 3.85. The molecule has 8 rings (SSSR count). The van der Waals surface area contributed by atoms with Crippen molar-refractivity contribution in [3.8, 4) is 39.8 Å². The summed E-state index contributed by atoms with van der Waals surface area (Å²) in [7, 11) is 0. The molecular weight excluding hydrogens is 584 g/mol. The van der Waals surface area contributed by atoms with Gasteiger partial charge in [0.05, 0.1) is 0 Å². The van der Waals surface area contributed by atoms with Crippen LogP contribution in [0.1, 0.15) is 43.0 Å². The van der Waals surface area contributed by atoms with Crippen LogP contribution in [0.5, 0.6) is 5.75 Å². The lowest BCUT2D eigenvalue weighted by Crippen LogP contribution is -2.00. The van der Waals surface area contributed by atoms with Crippen molar-refractivity contribution in [2.24, 2.45) is 0 Å². The van der Waals surface area contributed by atoms with Gasteiger partial charge in [-0.2, -0.15) is 0 Å². The summed E-state index contributed by atoms with van der Waals surface area (Å²) in [5, 5.41) is 17.2. The van der Waals surface area contributed by atoms with Crippen LogP contribution in [0.3, 0.4) is 0 Å². The Kier molecular flexibility index (Phi) is 7.69. The maximum atomic E-state index is 6.17. The average molecular weight is 615 g/mol. The van der Waals surface area contributed by atoms with Crippen LogP contribution in [0.4, 0.5) is 0 Å². The summed E-state index contributed by atoms with van der Waals surface area (Å²) in [5.41, 5.74) is 8.64. The molecule has 2 aliphatic rings. The first-order valence-electron chi connectivity index (χ1n) is 15.7. The number of ether oxygens (including phenoxy) is 1. The molecule has 0 atom stereocenters. The maximum Gasteiger partial charge on any atom is 0.248 e. The number of benzene rings is 4. The van der Waals surface area contributed by atoms with Gasteiger partial charge in [-0.3, -0.25) is 0 Å². The van der Waals surface area contributed by atoms with E-state index in [-0.39, 0.29) is 0 Å². The molecule has 0 saturated heterocycles. The number of hydrogen-bond acceptors (Lipinski definition) is 7. The summed E-state index contributed by atoms with van der Waals surface area (Å²) in [6.07, 6.45) is 11.4. The molecule has 228 valence electrons. The molecule has 0 fully saturated rings. The molecule has 4 aromatic carbocycles. The van der Waals surface area contributed by atoms with E-state index >= 15 is 0 Å². The second kappa shape index (κ2) is 12.7. The fraction of sp³-hybridized carbons (Fsp3) is 0.100. The Hall–Kier alpha value is -6.08. The number of allylic oxidation sites excluding steroid dienone is 8. The van der Waals surface area contributed by atoms with E-state index in [4.69, 9.17) is 13.6 Å². The Bertz CT molecular complexity index is 2140. The maximum absolute atomic E-state index is 6.17. The lowest BCUT2D eigenvalue weighted by molar-refractivity contribution is 0.403. The van der Waals surface area contributed by atoms with Gasteiger partial charge >= 0.3 is 0 Å². The van der Waals surface area contributed by atoms with Crippen molar-refractivity contribution < 1.29 is 13.6 Å². The Balaban J connectivity index is 0.895. The minimum Gasteiger partial charge on any atom is -0.462 e.